The molecule has 0 aliphatic rings. The summed E-state index contributed by atoms with van der Waals surface area (Å²) < 4.78 is 5.60. The first-order valence-electron chi connectivity index (χ1n) is 7.88. The molecule has 122 valence electrons. The van der Waals surface area contributed by atoms with Gasteiger partial charge in [-0.3, -0.25) is 4.79 Å². The summed E-state index contributed by atoms with van der Waals surface area (Å²) in [4.78, 5) is 12.0. The fourth-order valence-corrected chi connectivity index (χ4v) is 2.33. The summed E-state index contributed by atoms with van der Waals surface area (Å²) in [5, 5.41) is 6.13. The van der Waals surface area contributed by atoms with Crippen LogP contribution in [0, 0.1) is 13.8 Å². The summed E-state index contributed by atoms with van der Waals surface area (Å²) in [6.07, 6.45) is 0. The van der Waals surface area contributed by atoms with E-state index < -0.39 is 0 Å². The summed E-state index contributed by atoms with van der Waals surface area (Å²) in [6.45, 7) is 7.78. The van der Waals surface area contributed by atoms with Crippen molar-refractivity contribution in [2.75, 3.05) is 18.5 Å². The van der Waals surface area contributed by atoms with Crippen LogP contribution in [0.3, 0.4) is 0 Å². The van der Waals surface area contributed by atoms with Crippen LogP contribution in [-0.2, 0) is 11.3 Å². The minimum atomic E-state index is -0.162. The smallest absolute Gasteiger partial charge is 0.262 e. The van der Waals surface area contributed by atoms with Crippen LogP contribution in [0.1, 0.15) is 23.6 Å². The second-order valence-corrected chi connectivity index (χ2v) is 5.59. The maximum absolute atomic E-state index is 12.0. The molecule has 0 aromatic heterocycles. The lowest BCUT2D eigenvalue weighted by atomic mass is 10.1. The predicted octanol–water partition coefficient (Wildman–Crippen LogP) is 3.43. The van der Waals surface area contributed by atoms with E-state index in [1.807, 2.05) is 56.3 Å². The third-order valence-corrected chi connectivity index (χ3v) is 3.48. The number of carbonyl (C=O) groups excluding carboxylic acids is 1. The molecule has 2 aromatic carbocycles. The highest BCUT2D eigenvalue weighted by Crippen LogP contribution is 2.18. The molecule has 0 radical (unpaired) electrons. The fraction of sp³-hybridized carbons (Fsp3) is 0.316. The topological polar surface area (TPSA) is 50.4 Å². The molecule has 0 saturated carbocycles. The summed E-state index contributed by atoms with van der Waals surface area (Å²) in [6, 6.07) is 13.7. The number of aryl methyl sites for hydroxylation is 2. The van der Waals surface area contributed by atoms with Crippen LogP contribution >= 0.6 is 0 Å². The van der Waals surface area contributed by atoms with Crippen LogP contribution < -0.4 is 15.4 Å². The maximum Gasteiger partial charge on any atom is 0.262 e. The molecule has 0 heterocycles. The van der Waals surface area contributed by atoms with Crippen molar-refractivity contribution in [3.8, 4) is 5.75 Å². The van der Waals surface area contributed by atoms with Crippen molar-refractivity contribution in [3.63, 3.8) is 0 Å². The van der Waals surface area contributed by atoms with Crippen LogP contribution in [0.4, 0.5) is 5.69 Å². The lowest BCUT2D eigenvalue weighted by molar-refractivity contribution is -0.118. The molecule has 0 aliphatic heterocycles. The van der Waals surface area contributed by atoms with Crippen LogP contribution in [0.5, 0.6) is 5.75 Å². The van der Waals surface area contributed by atoms with Gasteiger partial charge >= 0.3 is 0 Å². The third kappa shape index (κ3) is 5.42. The number of hydrogen-bond donors (Lipinski definition) is 2. The Bertz CT molecular complexity index is 668. The van der Waals surface area contributed by atoms with Crippen molar-refractivity contribution < 1.29 is 9.53 Å². The molecule has 0 spiro atoms. The molecule has 0 saturated heterocycles. The van der Waals surface area contributed by atoms with Crippen molar-refractivity contribution in [2.24, 2.45) is 0 Å². The molecular weight excluding hydrogens is 288 g/mol. The Labute approximate surface area is 137 Å². The van der Waals surface area contributed by atoms with Gasteiger partial charge in [-0.15, -0.1) is 0 Å². The number of rotatable bonds is 7. The van der Waals surface area contributed by atoms with Crippen molar-refractivity contribution in [3.05, 3.63) is 59.2 Å². The van der Waals surface area contributed by atoms with Gasteiger partial charge in [-0.2, -0.15) is 0 Å². The zero-order valence-corrected chi connectivity index (χ0v) is 14.0. The van der Waals surface area contributed by atoms with Gasteiger partial charge in [0.05, 0.1) is 0 Å². The highest BCUT2D eigenvalue weighted by atomic mass is 16.5. The molecule has 0 atom stereocenters. The number of benzene rings is 2. The highest BCUT2D eigenvalue weighted by Gasteiger charge is 2.06. The molecule has 4 heteroatoms. The largest absolute Gasteiger partial charge is 0.483 e. The first-order valence-corrected chi connectivity index (χ1v) is 7.88. The van der Waals surface area contributed by atoms with Gasteiger partial charge in [0.15, 0.2) is 6.61 Å². The number of amides is 1. The molecule has 2 aromatic rings. The number of ether oxygens (including phenoxy) is 1. The lowest BCUT2D eigenvalue weighted by Gasteiger charge is -2.11. The number of hydrogen-bond acceptors (Lipinski definition) is 3. The molecule has 0 bridgehead atoms. The summed E-state index contributed by atoms with van der Waals surface area (Å²) in [7, 11) is 0. The summed E-state index contributed by atoms with van der Waals surface area (Å²) in [5.41, 5.74) is 4.14. The Morgan fingerprint density at radius 1 is 1.13 bits per heavy atom. The van der Waals surface area contributed by atoms with Gasteiger partial charge in [-0.1, -0.05) is 36.8 Å². The maximum atomic E-state index is 12.0. The Balaban J connectivity index is 1.89. The van der Waals surface area contributed by atoms with Crippen molar-refractivity contribution in [2.45, 2.75) is 27.3 Å². The molecule has 0 aliphatic carbocycles. The molecule has 4 nitrogen and oxygen atoms in total. The Morgan fingerprint density at radius 2 is 1.96 bits per heavy atom. The van der Waals surface area contributed by atoms with Crippen LogP contribution in [0.15, 0.2) is 42.5 Å². The fourth-order valence-electron chi connectivity index (χ4n) is 2.33. The van der Waals surface area contributed by atoms with Gasteiger partial charge in [0, 0.05) is 12.2 Å². The van der Waals surface area contributed by atoms with Crippen LogP contribution in [0.2, 0.25) is 0 Å². The molecule has 23 heavy (non-hydrogen) atoms. The predicted molar refractivity (Wildman–Crippen MR) is 93.9 cm³/mol. The molecule has 2 N–H and O–H groups in total. The van der Waals surface area contributed by atoms with E-state index in [-0.39, 0.29) is 12.5 Å². The molecular formula is C19H24N2O2. The van der Waals surface area contributed by atoms with E-state index in [4.69, 9.17) is 4.74 Å². The second kappa shape index (κ2) is 8.34. The van der Waals surface area contributed by atoms with Gasteiger partial charge in [0.25, 0.3) is 5.91 Å². The zero-order chi connectivity index (χ0) is 16.7. The van der Waals surface area contributed by atoms with Crippen LogP contribution in [-0.4, -0.2) is 19.1 Å². The van der Waals surface area contributed by atoms with Gasteiger partial charge < -0.3 is 15.4 Å². The Morgan fingerprint density at radius 3 is 2.70 bits per heavy atom. The number of nitrogens with one attached hydrogen (secondary N) is 2. The van der Waals surface area contributed by atoms with E-state index in [2.05, 4.69) is 17.6 Å². The lowest BCUT2D eigenvalue weighted by Crippen LogP contribution is -2.20. The van der Waals surface area contributed by atoms with E-state index in [0.717, 1.165) is 35.7 Å². The second-order valence-electron chi connectivity index (χ2n) is 5.59. The van der Waals surface area contributed by atoms with Gasteiger partial charge in [-0.05, 0) is 49.7 Å². The summed E-state index contributed by atoms with van der Waals surface area (Å²) in [5.74, 6) is 0.581. The molecule has 0 unspecified atom stereocenters. The van der Waals surface area contributed by atoms with Gasteiger partial charge in [-0.25, -0.2) is 0 Å². The molecule has 2 rings (SSSR count). The van der Waals surface area contributed by atoms with E-state index in [9.17, 15) is 4.79 Å². The van der Waals surface area contributed by atoms with Crippen molar-refractivity contribution >= 4 is 11.6 Å². The average Bonchev–Trinajstić information content (AvgIpc) is 2.52. The minimum Gasteiger partial charge on any atom is -0.483 e. The molecule has 0 fully saturated rings. The highest BCUT2D eigenvalue weighted by molar-refractivity contribution is 5.91. The first kappa shape index (κ1) is 17.0. The van der Waals surface area contributed by atoms with Gasteiger partial charge in [0.1, 0.15) is 5.75 Å². The standard InChI is InChI=1S/C19H24N2O2/c1-4-20-12-16-6-5-7-17(11-16)21-19(22)13-23-18-9-8-14(2)10-15(18)3/h5-11,20H,4,12-13H2,1-3H3,(H,21,22). The minimum absolute atomic E-state index is 0.00133. The van der Waals surface area contributed by atoms with E-state index >= 15 is 0 Å². The monoisotopic (exact) mass is 312 g/mol. The average molecular weight is 312 g/mol. The first-order chi connectivity index (χ1) is 11.1. The third-order valence-electron chi connectivity index (χ3n) is 3.48. The Kier molecular flexibility index (Phi) is 6.18. The van der Waals surface area contributed by atoms with Crippen molar-refractivity contribution in [1.29, 1.82) is 0 Å². The quantitative estimate of drug-likeness (QED) is 0.823. The van der Waals surface area contributed by atoms with Crippen LogP contribution in [0.25, 0.3) is 0 Å². The van der Waals surface area contributed by atoms with E-state index in [0.29, 0.717) is 0 Å². The molecule has 1 amide bonds. The summed E-state index contributed by atoms with van der Waals surface area (Å²) >= 11 is 0. The SMILES string of the molecule is CCNCc1cccc(NC(=O)COc2ccc(C)cc2C)c1. The zero-order valence-electron chi connectivity index (χ0n) is 14.0. The normalized spacial score (nSPS) is 10.4. The van der Waals surface area contributed by atoms with Gasteiger partial charge in [0.2, 0.25) is 0 Å². The van der Waals surface area contributed by atoms with Crippen molar-refractivity contribution in [1.82, 2.24) is 5.32 Å². The number of carbonyl (C=O) groups is 1. The number of anilines is 1. The van der Waals surface area contributed by atoms with E-state index in [1.54, 1.807) is 0 Å². The van der Waals surface area contributed by atoms with E-state index in [1.165, 1.54) is 5.56 Å². The Hall–Kier alpha value is -2.33.